The topological polar surface area (TPSA) is 54.5 Å². The van der Waals surface area contributed by atoms with Crippen LogP contribution in [0.4, 0.5) is 0 Å². The largest absolute Gasteiger partial charge is 0.336 e. The number of carbonyl (C=O) groups excluding carboxylic acids is 1. The van der Waals surface area contributed by atoms with Crippen molar-refractivity contribution in [3.63, 3.8) is 0 Å². The lowest BCUT2D eigenvalue weighted by Gasteiger charge is -2.33. The molecular formula is C12H21NO3S. The maximum absolute atomic E-state index is 12.0. The van der Waals surface area contributed by atoms with Gasteiger partial charge in [-0.2, -0.15) is 0 Å². The number of rotatable bonds is 3. The van der Waals surface area contributed by atoms with Crippen LogP contribution in [0.2, 0.25) is 0 Å². The Hall–Kier alpha value is -0.580. The van der Waals surface area contributed by atoms with E-state index >= 15 is 0 Å². The summed E-state index contributed by atoms with van der Waals surface area (Å²) in [6.07, 6.45) is 5.53. The smallest absolute Gasteiger partial charge is 0.222 e. The highest BCUT2D eigenvalue weighted by Crippen LogP contribution is 2.29. The van der Waals surface area contributed by atoms with Crippen molar-refractivity contribution in [1.29, 1.82) is 0 Å². The quantitative estimate of drug-likeness (QED) is 0.769. The highest BCUT2D eigenvalue weighted by atomic mass is 32.2. The molecule has 1 aliphatic carbocycles. The van der Waals surface area contributed by atoms with Crippen LogP contribution in [-0.2, 0) is 14.6 Å². The lowest BCUT2D eigenvalue weighted by molar-refractivity contribution is -0.135. The Morgan fingerprint density at radius 2 is 1.82 bits per heavy atom. The molecule has 2 aliphatic rings. The van der Waals surface area contributed by atoms with Gasteiger partial charge in [0.1, 0.15) is 0 Å². The summed E-state index contributed by atoms with van der Waals surface area (Å²) in [5, 5.41) is 0. The van der Waals surface area contributed by atoms with Gasteiger partial charge in [0.25, 0.3) is 0 Å². The average molecular weight is 259 g/mol. The Labute approximate surface area is 103 Å². The molecule has 1 saturated heterocycles. The Morgan fingerprint density at radius 1 is 1.18 bits per heavy atom. The van der Waals surface area contributed by atoms with Gasteiger partial charge in [-0.1, -0.05) is 19.8 Å². The molecule has 0 aromatic heterocycles. The van der Waals surface area contributed by atoms with Crippen LogP contribution in [0.1, 0.15) is 45.4 Å². The minimum atomic E-state index is -2.91. The monoisotopic (exact) mass is 259 g/mol. The summed E-state index contributed by atoms with van der Waals surface area (Å²) in [6.45, 7) is 1.85. The number of hydrogen-bond acceptors (Lipinski definition) is 3. The van der Waals surface area contributed by atoms with Gasteiger partial charge in [0.05, 0.1) is 11.5 Å². The van der Waals surface area contributed by atoms with Gasteiger partial charge in [0.2, 0.25) is 5.91 Å². The van der Waals surface area contributed by atoms with Crippen molar-refractivity contribution < 1.29 is 13.2 Å². The molecule has 4 nitrogen and oxygen atoms in total. The lowest BCUT2D eigenvalue weighted by Crippen LogP contribution is -2.46. The molecule has 0 bridgehead atoms. The highest BCUT2D eigenvalue weighted by Gasteiger charge is 2.38. The molecule has 1 aliphatic heterocycles. The fraction of sp³-hybridized carbons (Fsp3) is 0.917. The van der Waals surface area contributed by atoms with Gasteiger partial charge < -0.3 is 4.90 Å². The fourth-order valence-electron chi connectivity index (χ4n) is 3.07. The van der Waals surface area contributed by atoms with E-state index in [-0.39, 0.29) is 23.5 Å². The zero-order valence-corrected chi connectivity index (χ0v) is 11.2. The first-order valence-corrected chi connectivity index (χ1v) is 8.37. The van der Waals surface area contributed by atoms with Gasteiger partial charge >= 0.3 is 0 Å². The second-order valence-electron chi connectivity index (χ2n) is 5.15. The first-order chi connectivity index (χ1) is 8.03. The zero-order valence-electron chi connectivity index (χ0n) is 10.4. The van der Waals surface area contributed by atoms with E-state index in [2.05, 4.69) is 0 Å². The van der Waals surface area contributed by atoms with Crippen molar-refractivity contribution >= 4 is 15.7 Å². The Kier molecular flexibility index (Phi) is 3.76. The van der Waals surface area contributed by atoms with Crippen LogP contribution >= 0.6 is 0 Å². The zero-order chi connectivity index (χ0) is 12.5. The summed E-state index contributed by atoms with van der Waals surface area (Å²) in [5.41, 5.74) is 0. The average Bonchev–Trinajstić information content (AvgIpc) is 2.89. The van der Waals surface area contributed by atoms with Crippen LogP contribution in [0.25, 0.3) is 0 Å². The molecule has 1 atom stereocenters. The Balaban J connectivity index is 2.13. The van der Waals surface area contributed by atoms with Crippen molar-refractivity contribution in [3.05, 3.63) is 0 Å². The highest BCUT2D eigenvalue weighted by molar-refractivity contribution is 7.91. The number of amides is 1. The van der Waals surface area contributed by atoms with Crippen LogP contribution in [0, 0.1) is 0 Å². The van der Waals surface area contributed by atoms with Crippen LogP contribution in [-0.4, -0.2) is 42.8 Å². The van der Waals surface area contributed by atoms with Gasteiger partial charge in [-0.05, 0) is 19.3 Å². The molecule has 1 unspecified atom stereocenters. The van der Waals surface area contributed by atoms with E-state index in [4.69, 9.17) is 0 Å². The molecule has 0 aromatic rings. The SMILES string of the molecule is CCC(=O)N(C1CCCC1)C1CCS(=O)(=O)C1. The summed E-state index contributed by atoms with van der Waals surface area (Å²) in [5.74, 6) is 0.548. The maximum atomic E-state index is 12.0. The Bertz CT molecular complexity index is 385. The second kappa shape index (κ2) is 4.96. The number of hydrogen-bond donors (Lipinski definition) is 0. The van der Waals surface area contributed by atoms with Gasteiger partial charge in [0, 0.05) is 18.5 Å². The molecule has 2 rings (SSSR count). The van der Waals surface area contributed by atoms with Crippen LogP contribution in [0.15, 0.2) is 0 Å². The lowest BCUT2D eigenvalue weighted by atomic mass is 10.1. The minimum Gasteiger partial charge on any atom is -0.336 e. The van der Waals surface area contributed by atoms with E-state index in [9.17, 15) is 13.2 Å². The first-order valence-electron chi connectivity index (χ1n) is 6.55. The first kappa shape index (κ1) is 12.9. The molecule has 0 aromatic carbocycles. The molecular weight excluding hydrogens is 238 g/mol. The predicted molar refractivity (Wildman–Crippen MR) is 66.5 cm³/mol. The minimum absolute atomic E-state index is 0.0597. The third-order valence-corrected chi connectivity index (χ3v) is 5.66. The van der Waals surface area contributed by atoms with Crippen molar-refractivity contribution in [1.82, 2.24) is 4.90 Å². The molecule has 1 saturated carbocycles. The third kappa shape index (κ3) is 2.81. The van der Waals surface area contributed by atoms with E-state index in [0.717, 1.165) is 25.7 Å². The standard InChI is InChI=1S/C12H21NO3S/c1-2-12(14)13(10-5-3-4-6-10)11-7-8-17(15,16)9-11/h10-11H,2-9H2,1H3. The van der Waals surface area contributed by atoms with Gasteiger partial charge in [-0.3, -0.25) is 4.79 Å². The van der Waals surface area contributed by atoms with Crippen LogP contribution in [0.3, 0.4) is 0 Å². The summed E-state index contributed by atoms with van der Waals surface area (Å²) >= 11 is 0. The number of nitrogens with zero attached hydrogens (tertiary/aromatic N) is 1. The van der Waals surface area contributed by atoms with Crippen LogP contribution in [0.5, 0.6) is 0 Å². The normalized spacial score (nSPS) is 28.4. The van der Waals surface area contributed by atoms with E-state index in [1.807, 2.05) is 11.8 Å². The molecule has 0 spiro atoms. The number of sulfone groups is 1. The maximum Gasteiger partial charge on any atom is 0.222 e. The second-order valence-corrected chi connectivity index (χ2v) is 7.38. The molecule has 5 heteroatoms. The molecule has 1 heterocycles. The number of carbonyl (C=O) groups is 1. The molecule has 17 heavy (non-hydrogen) atoms. The predicted octanol–water partition coefficient (Wildman–Crippen LogP) is 1.35. The summed E-state index contributed by atoms with van der Waals surface area (Å²) in [7, 11) is -2.91. The van der Waals surface area contributed by atoms with Crippen molar-refractivity contribution in [3.8, 4) is 0 Å². The van der Waals surface area contributed by atoms with Crippen LogP contribution < -0.4 is 0 Å². The molecule has 0 N–H and O–H groups in total. The fourth-order valence-corrected chi connectivity index (χ4v) is 4.78. The molecule has 1 amide bonds. The summed E-state index contributed by atoms with van der Waals surface area (Å²) in [6, 6.07) is 0.233. The van der Waals surface area contributed by atoms with Gasteiger partial charge in [-0.25, -0.2) is 8.42 Å². The Morgan fingerprint density at radius 3 is 2.29 bits per heavy atom. The summed E-state index contributed by atoms with van der Waals surface area (Å²) < 4.78 is 23.1. The molecule has 0 radical (unpaired) electrons. The van der Waals surface area contributed by atoms with E-state index in [1.165, 1.54) is 0 Å². The van der Waals surface area contributed by atoms with Crippen molar-refractivity contribution in [2.24, 2.45) is 0 Å². The van der Waals surface area contributed by atoms with Gasteiger partial charge in [0.15, 0.2) is 9.84 Å². The molecule has 2 fully saturated rings. The molecule has 98 valence electrons. The van der Waals surface area contributed by atoms with Gasteiger partial charge in [-0.15, -0.1) is 0 Å². The summed E-state index contributed by atoms with van der Waals surface area (Å²) in [4.78, 5) is 13.9. The van der Waals surface area contributed by atoms with E-state index < -0.39 is 9.84 Å². The van der Waals surface area contributed by atoms with Crippen molar-refractivity contribution in [2.45, 2.75) is 57.5 Å². The van der Waals surface area contributed by atoms with Crippen molar-refractivity contribution in [2.75, 3.05) is 11.5 Å². The van der Waals surface area contributed by atoms with E-state index in [0.29, 0.717) is 18.9 Å². The third-order valence-electron chi connectivity index (χ3n) is 3.91. The van der Waals surface area contributed by atoms with E-state index in [1.54, 1.807) is 0 Å².